The molecule has 2 rings (SSSR count). The van der Waals surface area contributed by atoms with Gasteiger partial charge < -0.3 is 10.6 Å². The van der Waals surface area contributed by atoms with E-state index in [2.05, 4.69) is 31.4 Å². The second-order valence-electron chi connectivity index (χ2n) is 7.54. The van der Waals surface area contributed by atoms with Gasteiger partial charge in [-0.2, -0.15) is 4.31 Å². The summed E-state index contributed by atoms with van der Waals surface area (Å²) in [6, 6.07) is 4.40. The largest absolute Gasteiger partial charge is 0.352 e. The molecule has 1 aliphatic heterocycles. The normalized spacial score (nSPS) is 16.0. The lowest BCUT2D eigenvalue weighted by molar-refractivity contribution is 0.0953. The van der Waals surface area contributed by atoms with Gasteiger partial charge in [-0.3, -0.25) is 4.79 Å². The molecule has 0 radical (unpaired) electrons. The molecular weight excluding hydrogens is 374 g/mol. The van der Waals surface area contributed by atoms with Gasteiger partial charge in [0.05, 0.1) is 5.02 Å². The number of nitrogens with zero attached hydrogens (tertiary/aromatic N) is 1. The van der Waals surface area contributed by atoms with Gasteiger partial charge in [0.2, 0.25) is 10.0 Å². The number of hydrogen-bond donors (Lipinski definition) is 2. The lowest BCUT2D eigenvalue weighted by Gasteiger charge is -2.20. The van der Waals surface area contributed by atoms with Gasteiger partial charge >= 0.3 is 0 Å². The summed E-state index contributed by atoms with van der Waals surface area (Å²) < 4.78 is 26.9. The fourth-order valence-corrected chi connectivity index (χ4v) is 4.78. The first-order chi connectivity index (χ1) is 12.1. The zero-order valence-electron chi connectivity index (χ0n) is 15.6. The maximum atomic E-state index is 12.7. The van der Waals surface area contributed by atoms with Crippen LogP contribution in [0.2, 0.25) is 5.02 Å². The van der Waals surface area contributed by atoms with E-state index in [-0.39, 0.29) is 21.4 Å². The summed E-state index contributed by atoms with van der Waals surface area (Å²) in [6.45, 7) is 8.55. The third-order valence-electron chi connectivity index (χ3n) is 4.17. The van der Waals surface area contributed by atoms with Crippen molar-refractivity contribution in [1.29, 1.82) is 0 Å². The Morgan fingerprint density at radius 3 is 2.46 bits per heavy atom. The molecular formula is C18H28ClN3O3S. The third kappa shape index (κ3) is 5.67. The summed E-state index contributed by atoms with van der Waals surface area (Å²) in [6.07, 6.45) is 2.48. The Morgan fingerprint density at radius 1 is 1.19 bits per heavy atom. The molecule has 0 aliphatic carbocycles. The zero-order valence-corrected chi connectivity index (χ0v) is 17.2. The summed E-state index contributed by atoms with van der Waals surface area (Å²) in [5, 5.41) is 6.31. The van der Waals surface area contributed by atoms with E-state index >= 15 is 0 Å². The maximum absolute atomic E-state index is 12.7. The van der Waals surface area contributed by atoms with Crippen LogP contribution >= 0.6 is 11.6 Å². The van der Waals surface area contributed by atoms with E-state index in [0.717, 1.165) is 25.8 Å². The number of sulfonamides is 1. The summed E-state index contributed by atoms with van der Waals surface area (Å²) in [5.41, 5.74) is 0.343. The highest BCUT2D eigenvalue weighted by Crippen LogP contribution is 2.28. The van der Waals surface area contributed by atoms with Crippen molar-refractivity contribution in [3.05, 3.63) is 28.8 Å². The van der Waals surface area contributed by atoms with E-state index in [4.69, 9.17) is 11.6 Å². The molecule has 146 valence electrons. The molecule has 0 bridgehead atoms. The van der Waals surface area contributed by atoms with Crippen LogP contribution in [0.15, 0.2) is 23.1 Å². The predicted octanol–water partition coefficient (Wildman–Crippen LogP) is 2.63. The van der Waals surface area contributed by atoms with Crippen LogP contribution in [-0.4, -0.2) is 50.3 Å². The molecule has 0 saturated carbocycles. The smallest absolute Gasteiger partial charge is 0.251 e. The highest BCUT2D eigenvalue weighted by Gasteiger charge is 2.29. The Hall–Kier alpha value is -1.15. The fraction of sp³-hybridized carbons (Fsp3) is 0.611. The van der Waals surface area contributed by atoms with Gasteiger partial charge in [0.25, 0.3) is 5.91 Å². The molecule has 2 N–H and O–H groups in total. The van der Waals surface area contributed by atoms with Crippen molar-refractivity contribution in [2.45, 2.75) is 50.5 Å². The molecule has 26 heavy (non-hydrogen) atoms. The third-order valence-corrected chi connectivity index (χ3v) is 6.55. The summed E-state index contributed by atoms with van der Waals surface area (Å²) in [7, 11) is -3.66. The molecule has 0 spiro atoms. The lowest BCUT2D eigenvalue weighted by atomic mass is 10.1. The number of amides is 1. The van der Waals surface area contributed by atoms with Gasteiger partial charge in [-0.05, 0) is 64.8 Å². The number of nitrogens with one attached hydrogen (secondary N) is 2. The van der Waals surface area contributed by atoms with Gasteiger partial charge in [0, 0.05) is 30.7 Å². The number of carbonyl (C=O) groups is 1. The SMILES string of the molecule is CC(C)(C)NCCCNC(=O)c1ccc(Cl)c(S(=O)(=O)N2CCCC2)c1. The van der Waals surface area contributed by atoms with E-state index < -0.39 is 10.0 Å². The van der Waals surface area contributed by atoms with Crippen molar-refractivity contribution in [2.24, 2.45) is 0 Å². The Balaban J connectivity index is 2.01. The number of rotatable bonds is 7. The van der Waals surface area contributed by atoms with Gasteiger partial charge in [-0.25, -0.2) is 8.42 Å². The Bertz CT molecular complexity index is 739. The molecule has 1 aromatic carbocycles. The number of hydrogen-bond acceptors (Lipinski definition) is 4. The average molecular weight is 402 g/mol. The lowest BCUT2D eigenvalue weighted by Crippen LogP contribution is -2.37. The highest BCUT2D eigenvalue weighted by molar-refractivity contribution is 7.89. The van der Waals surface area contributed by atoms with Gasteiger partial charge in [-0.15, -0.1) is 0 Å². The molecule has 0 atom stereocenters. The molecule has 1 fully saturated rings. The van der Waals surface area contributed by atoms with Crippen LogP contribution in [0.25, 0.3) is 0 Å². The van der Waals surface area contributed by atoms with Crippen LogP contribution in [-0.2, 0) is 10.0 Å². The molecule has 0 unspecified atom stereocenters. The molecule has 1 aromatic rings. The van der Waals surface area contributed by atoms with Crippen molar-refractivity contribution in [3.63, 3.8) is 0 Å². The molecule has 1 heterocycles. The molecule has 1 amide bonds. The van der Waals surface area contributed by atoms with Crippen molar-refractivity contribution >= 4 is 27.5 Å². The van der Waals surface area contributed by atoms with Crippen LogP contribution in [0.5, 0.6) is 0 Å². The first-order valence-corrected chi connectivity index (χ1v) is 10.8. The second-order valence-corrected chi connectivity index (χ2v) is 9.86. The average Bonchev–Trinajstić information content (AvgIpc) is 3.08. The molecule has 1 saturated heterocycles. The standard InChI is InChI=1S/C18H28ClN3O3S/c1-18(2,3)21-10-6-9-20-17(23)14-7-8-15(19)16(13-14)26(24,25)22-11-4-5-12-22/h7-8,13,21H,4-6,9-12H2,1-3H3,(H,20,23). The Morgan fingerprint density at radius 2 is 1.85 bits per heavy atom. The molecule has 1 aliphatic rings. The van der Waals surface area contributed by atoms with Crippen LogP contribution in [0, 0.1) is 0 Å². The number of benzene rings is 1. The number of carbonyl (C=O) groups excluding carboxylic acids is 1. The van der Waals surface area contributed by atoms with Gasteiger partial charge in [0.1, 0.15) is 4.90 Å². The topological polar surface area (TPSA) is 78.5 Å². The summed E-state index contributed by atoms with van der Waals surface area (Å²) in [5.74, 6) is -0.296. The minimum atomic E-state index is -3.66. The van der Waals surface area contributed by atoms with Crippen LogP contribution < -0.4 is 10.6 Å². The van der Waals surface area contributed by atoms with Crippen LogP contribution in [0.1, 0.15) is 50.4 Å². The quantitative estimate of drug-likeness (QED) is 0.688. The van der Waals surface area contributed by atoms with E-state index in [0.29, 0.717) is 25.2 Å². The first kappa shape index (κ1) is 21.2. The number of halogens is 1. The van der Waals surface area contributed by atoms with Crippen molar-refractivity contribution in [3.8, 4) is 0 Å². The molecule has 8 heteroatoms. The minimum absolute atomic E-state index is 0.00289. The Kier molecular flexibility index (Phi) is 7.07. The van der Waals surface area contributed by atoms with Crippen LogP contribution in [0.4, 0.5) is 0 Å². The van der Waals surface area contributed by atoms with Crippen LogP contribution in [0.3, 0.4) is 0 Å². The second kappa shape index (κ2) is 8.69. The molecule has 0 aromatic heterocycles. The summed E-state index contributed by atoms with van der Waals surface area (Å²) in [4.78, 5) is 12.3. The zero-order chi connectivity index (χ0) is 19.4. The first-order valence-electron chi connectivity index (χ1n) is 8.94. The monoisotopic (exact) mass is 401 g/mol. The van der Waals surface area contributed by atoms with Crippen molar-refractivity contribution in [2.75, 3.05) is 26.2 Å². The fourth-order valence-electron chi connectivity index (χ4n) is 2.77. The highest BCUT2D eigenvalue weighted by atomic mass is 35.5. The predicted molar refractivity (Wildman–Crippen MR) is 104 cm³/mol. The van der Waals surface area contributed by atoms with Crippen molar-refractivity contribution in [1.82, 2.24) is 14.9 Å². The van der Waals surface area contributed by atoms with E-state index in [1.807, 2.05) is 0 Å². The van der Waals surface area contributed by atoms with E-state index in [9.17, 15) is 13.2 Å². The minimum Gasteiger partial charge on any atom is -0.352 e. The maximum Gasteiger partial charge on any atom is 0.251 e. The molecule has 6 nitrogen and oxygen atoms in total. The van der Waals surface area contributed by atoms with E-state index in [1.165, 1.54) is 16.4 Å². The Labute approximate surface area is 161 Å². The van der Waals surface area contributed by atoms with Crippen molar-refractivity contribution < 1.29 is 13.2 Å². The van der Waals surface area contributed by atoms with E-state index in [1.54, 1.807) is 6.07 Å². The van der Waals surface area contributed by atoms with Gasteiger partial charge in [-0.1, -0.05) is 11.6 Å². The summed E-state index contributed by atoms with van der Waals surface area (Å²) >= 11 is 6.11. The van der Waals surface area contributed by atoms with Gasteiger partial charge in [0.15, 0.2) is 0 Å².